The third-order valence-corrected chi connectivity index (χ3v) is 16.8. The smallest absolute Gasteiger partial charge is 0.333 e. The van der Waals surface area contributed by atoms with Crippen LogP contribution in [0.2, 0.25) is 0 Å². The molecule has 16 N–H and O–H groups in total. The molecular weight excluding hydrogens is 1250 g/mol. The second-order valence-electron chi connectivity index (χ2n) is 24.4. The molecule has 5 aliphatic heterocycles. The first-order valence-corrected chi connectivity index (χ1v) is 33.0. The minimum Gasteiger partial charge on any atom is -0.394 e. The number of amides is 6. The minimum absolute atomic E-state index is 0.0216. The van der Waals surface area contributed by atoms with E-state index in [0.717, 1.165) is 32.1 Å². The van der Waals surface area contributed by atoms with E-state index in [1.807, 2.05) is 0 Å². The van der Waals surface area contributed by atoms with Gasteiger partial charge in [-0.1, -0.05) is 90.4 Å². The largest absolute Gasteiger partial charge is 0.394 e. The Labute approximate surface area is 546 Å². The SMILES string of the molecule is CCCCCCCCCCCCCCCC(=O)N[C@H]1[C@H](OCCNC(=O)CN(CC(=O)NCCCCCC(=O)ON2C(=O)CCC2=O)CC(=O)NCCO[C@@H]2O[C@@H](C)[C@@H](O)[C@@H](O)[C@@H]2O)O[C@H](CO[C@H]2O[C@H](CO)[C@@H](O)[C@H](O)[C@@H]2O)[C@@H](O)[C@@H]1O[C@H]1O[C@H](CO)[C@@H](O)[C@H](O)[C@@H]1O. The van der Waals surface area contributed by atoms with Gasteiger partial charge in [-0.2, -0.15) is 0 Å². The molecule has 0 aromatic carbocycles. The highest BCUT2D eigenvalue weighted by molar-refractivity contribution is 6.01. The monoisotopic (exact) mass is 1360 g/mol. The molecule has 0 unspecified atom stereocenters. The van der Waals surface area contributed by atoms with Crippen LogP contribution in [0.25, 0.3) is 0 Å². The summed E-state index contributed by atoms with van der Waals surface area (Å²) in [6.07, 6.45) is -16.9. The maximum atomic E-state index is 13.9. The van der Waals surface area contributed by atoms with Gasteiger partial charge in [-0.15, -0.1) is 5.06 Å². The number of nitrogens with zero attached hydrogens (tertiary/aromatic N) is 2. The first-order chi connectivity index (χ1) is 45.0. The lowest BCUT2D eigenvalue weighted by Crippen LogP contribution is -2.68. The van der Waals surface area contributed by atoms with Gasteiger partial charge in [-0.3, -0.25) is 33.7 Å². The highest BCUT2D eigenvalue weighted by Crippen LogP contribution is 2.32. The Balaban J connectivity index is 1.25. The van der Waals surface area contributed by atoms with Crippen molar-refractivity contribution in [3.05, 3.63) is 0 Å². The van der Waals surface area contributed by atoms with Crippen molar-refractivity contribution in [1.82, 2.24) is 31.2 Å². The molecule has 20 atom stereocenters. The zero-order chi connectivity index (χ0) is 68.9. The Bertz CT molecular complexity index is 2270. The normalized spacial score (nSPS) is 32.1. The highest BCUT2D eigenvalue weighted by atomic mass is 16.8. The Morgan fingerprint density at radius 2 is 0.915 bits per heavy atom. The van der Waals surface area contributed by atoms with Crippen LogP contribution in [0.15, 0.2) is 0 Å². The fraction of sp³-hybridized carbons (Fsp3) is 0.883. The van der Waals surface area contributed by atoms with Crippen LogP contribution in [0.4, 0.5) is 0 Å². The summed E-state index contributed by atoms with van der Waals surface area (Å²) in [5.74, 6) is -4.62. The highest BCUT2D eigenvalue weighted by Gasteiger charge is 2.53. The predicted octanol–water partition coefficient (Wildman–Crippen LogP) is -5.28. The topological polar surface area (TPSA) is 500 Å². The van der Waals surface area contributed by atoms with Gasteiger partial charge in [0.1, 0.15) is 91.5 Å². The predicted molar refractivity (Wildman–Crippen MR) is 321 cm³/mol. The molecule has 5 saturated heterocycles. The number of ether oxygens (including phenoxy) is 8. The number of rotatable bonds is 43. The average molecular weight is 1360 g/mol. The van der Waals surface area contributed by atoms with E-state index in [9.17, 15) is 94.8 Å². The molecule has 542 valence electrons. The Morgan fingerprint density at radius 3 is 1.45 bits per heavy atom. The summed E-state index contributed by atoms with van der Waals surface area (Å²) in [5, 5.41) is 137. The lowest BCUT2D eigenvalue weighted by molar-refractivity contribution is -0.351. The third kappa shape index (κ3) is 25.8. The van der Waals surface area contributed by atoms with Crippen molar-refractivity contribution in [2.75, 3.05) is 72.3 Å². The Morgan fingerprint density at radius 1 is 0.479 bits per heavy atom. The molecule has 5 aliphatic rings. The van der Waals surface area contributed by atoms with Crippen molar-refractivity contribution >= 4 is 41.4 Å². The molecule has 5 fully saturated rings. The molecule has 0 aromatic rings. The molecule has 94 heavy (non-hydrogen) atoms. The molecule has 0 bridgehead atoms. The molecule has 34 heteroatoms. The summed E-state index contributed by atoms with van der Waals surface area (Å²) in [6.45, 7) is -1.42. The number of carbonyl (C=O) groups excluding carboxylic acids is 7. The summed E-state index contributed by atoms with van der Waals surface area (Å²) < 4.78 is 46.3. The molecule has 5 rings (SSSR count). The maximum absolute atomic E-state index is 13.9. The van der Waals surface area contributed by atoms with Gasteiger partial charge in [0, 0.05) is 45.3 Å². The summed E-state index contributed by atoms with van der Waals surface area (Å²) in [5.41, 5.74) is 0. The van der Waals surface area contributed by atoms with Gasteiger partial charge >= 0.3 is 5.97 Å². The van der Waals surface area contributed by atoms with Crippen LogP contribution >= 0.6 is 0 Å². The van der Waals surface area contributed by atoms with E-state index in [4.69, 9.17) is 42.7 Å². The number of nitrogens with one attached hydrogen (secondary N) is 4. The van der Waals surface area contributed by atoms with Crippen molar-refractivity contribution in [1.29, 1.82) is 0 Å². The van der Waals surface area contributed by atoms with Crippen LogP contribution in [0, 0.1) is 0 Å². The fourth-order valence-electron chi connectivity index (χ4n) is 11.2. The number of aliphatic hydroxyl groups is 12. The van der Waals surface area contributed by atoms with E-state index in [0.29, 0.717) is 37.2 Å². The Hall–Kier alpha value is -4.35. The average Bonchev–Trinajstić information content (AvgIpc) is 0.916. The van der Waals surface area contributed by atoms with E-state index in [1.54, 1.807) is 0 Å². The quantitative estimate of drug-likeness (QED) is 0.0200. The molecule has 34 nitrogen and oxygen atoms in total. The van der Waals surface area contributed by atoms with Crippen molar-refractivity contribution < 1.29 is 138 Å². The van der Waals surface area contributed by atoms with Crippen LogP contribution in [0.1, 0.15) is 142 Å². The summed E-state index contributed by atoms with van der Waals surface area (Å²) in [6, 6.07) is -1.52. The number of hydrogen-bond acceptors (Lipinski definition) is 29. The van der Waals surface area contributed by atoms with E-state index in [2.05, 4.69) is 28.2 Å². The van der Waals surface area contributed by atoms with Crippen molar-refractivity contribution in [2.45, 2.75) is 265 Å². The molecule has 0 aliphatic carbocycles. The first-order valence-electron chi connectivity index (χ1n) is 33.0. The van der Waals surface area contributed by atoms with Gasteiger partial charge in [0.15, 0.2) is 25.2 Å². The van der Waals surface area contributed by atoms with Crippen LogP contribution in [0.5, 0.6) is 0 Å². The molecule has 6 amide bonds. The molecule has 0 spiro atoms. The lowest BCUT2D eigenvalue weighted by Gasteiger charge is -2.48. The van der Waals surface area contributed by atoms with Gasteiger partial charge in [0.05, 0.1) is 58.8 Å². The molecule has 5 heterocycles. The van der Waals surface area contributed by atoms with E-state index in [1.165, 1.54) is 50.3 Å². The number of carbonyl (C=O) groups is 7. The summed E-state index contributed by atoms with van der Waals surface area (Å²) in [7, 11) is 0. The third-order valence-electron chi connectivity index (χ3n) is 16.8. The van der Waals surface area contributed by atoms with Crippen molar-refractivity contribution in [3.8, 4) is 0 Å². The van der Waals surface area contributed by atoms with Gasteiger partial charge < -0.3 is 125 Å². The molecule has 0 aromatic heterocycles. The van der Waals surface area contributed by atoms with Crippen LogP contribution in [-0.4, -0.2) is 308 Å². The van der Waals surface area contributed by atoms with Crippen LogP contribution < -0.4 is 21.3 Å². The fourth-order valence-corrected chi connectivity index (χ4v) is 11.2. The zero-order valence-electron chi connectivity index (χ0n) is 53.8. The van der Waals surface area contributed by atoms with Gasteiger partial charge in [-0.05, 0) is 26.2 Å². The first kappa shape index (κ1) is 80.3. The standard InChI is InChI=1S/C60H104N6O28/c1-3-4-5-6-7-8-9-10-11-12-13-14-16-19-38(69)64-45-56(93-60-55(85)52(82)48(78)36(32-68)91-60)49(79)37(33-88-59-54(84)51(81)47(77)35(31-67)90-59)92-57(45)86-26-24-62-40(71)29-65(30-41(72)63-25-27-87-58-53(83)50(80)46(76)34(2)89-58)28-39(70)61-23-18-15-17-20-44(75)94-66-42(73)21-22-43(66)74/h34-37,45-60,67-68,76-85H,3-33H2,1-2H3,(H,61,70)(H,62,71)(H,63,72)(H,64,69)/t34-,35+,36+,37+,45+,46+,47+,48+,49+,50+,51-,52-,53-,54-,55-,56+,57+,58+,59-,60+/m0/s1. The Kier molecular flexibility index (Phi) is 36.3. The molecular formula is C60H104N6O28. The maximum Gasteiger partial charge on any atom is 0.333 e. The lowest BCUT2D eigenvalue weighted by atomic mass is 9.95. The van der Waals surface area contributed by atoms with Crippen molar-refractivity contribution in [2.24, 2.45) is 0 Å². The number of unbranched alkanes of at least 4 members (excludes halogenated alkanes) is 14. The van der Waals surface area contributed by atoms with Gasteiger partial charge in [0.25, 0.3) is 11.8 Å². The second-order valence-corrected chi connectivity index (χ2v) is 24.4. The van der Waals surface area contributed by atoms with Crippen molar-refractivity contribution in [3.63, 3.8) is 0 Å². The van der Waals surface area contributed by atoms with Gasteiger partial charge in [-0.25, -0.2) is 4.79 Å². The second kappa shape index (κ2) is 42.5. The number of imide groups is 1. The van der Waals surface area contributed by atoms with Gasteiger partial charge in [0.2, 0.25) is 23.6 Å². The summed E-state index contributed by atoms with van der Waals surface area (Å²) in [4.78, 5) is 96.1. The number of aliphatic hydroxyl groups excluding tert-OH is 12. The van der Waals surface area contributed by atoms with Crippen LogP contribution in [-0.2, 0) is 76.3 Å². The molecule has 0 saturated carbocycles. The van der Waals surface area contributed by atoms with Crippen LogP contribution in [0.3, 0.4) is 0 Å². The summed E-state index contributed by atoms with van der Waals surface area (Å²) >= 11 is 0. The number of hydroxylamine groups is 2. The van der Waals surface area contributed by atoms with E-state index >= 15 is 0 Å². The molecule has 0 radical (unpaired) electrons. The minimum atomic E-state index is -2.01. The zero-order valence-corrected chi connectivity index (χ0v) is 53.8. The van der Waals surface area contributed by atoms with E-state index in [-0.39, 0.29) is 51.9 Å². The number of hydrogen-bond donors (Lipinski definition) is 16. The van der Waals surface area contributed by atoms with E-state index < -0.39 is 210 Å².